The van der Waals surface area contributed by atoms with E-state index in [0.29, 0.717) is 0 Å². The first-order valence-corrected chi connectivity index (χ1v) is 9.17. The molecule has 0 aromatic heterocycles. The van der Waals surface area contributed by atoms with E-state index in [9.17, 15) is 0 Å². The minimum absolute atomic E-state index is 0.110. The topological polar surface area (TPSA) is 18.5 Å². The standard InChI is InChI=1S/C14H32O2Si/c1-9-11-12-17(10-2,15-13(3,4)5)16-14(6,7)8/h9-12H2,1-8H3. The second kappa shape index (κ2) is 6.35. The van der Waals surface area contributed by atoms with Gasteiger partial charge in [-0.2, -0.15) is 0 Å². The lowest BCUT2D eigenvalue weighted by Gasteiger charge is -2.41. The minimum Gasteiger partial charge on any atom is -0.389 e. The zero-order valence-electron chi connectivity index (χ0n) is 13.1. The Kier molecular flexibility index (Phi) is 6.40. The van der Waals surface area contributed by atoms with Gasteiger partial charge in [0.25, 0.3) is 0 Å². The summed E-state index contributed by atoms with van der Waals surface area (Å²) in [4.78, 5) is 0. The van der Waals surface area contributed by atoms with Crippen LogP contribution in [0.15, 0.2) is 0 Å². The molecule has 0 N–H and O–H groups in total. The average Bonchev–Trinajstić information content (AvgIpc) is 2.09. The lowest BCUT2D eigenvalue weighted by Crippen LogP contribution is -2.51. The summed E-state index contributed by atoms with van der Waals surface area (Å²) in [6, 6.07) is 2.14. The van der Waals surface area contributed by atoms with Crippen LogP contribution in [0, 0.1) is 0 Å². The van der Waals surface area contributed by atoms with E-state index in [-0.39, 0.29) is 11.2 Å². The Hall–Kier alpha value is 0.137. The largest absolute Gasteiger partial charge is 0.389 e. The molecule has 0 heterocycles. The molecular formula is C14H32O2Si. The highest BCUT2D eigenvalue weighted by Crippen LogP contribution is 2.31. The van der Waals surface area contributed by atoms with E-state index >= 15 is 0 Å². The molecule has 0 aliphatic carbocycles. The van der Waals surface area contributed by atoms with Crippen LogP contribution in [0.3, 0.4) is 0 Å². The van der Waals surface area contributed by atoms with Gasteiger partial charge in [0.15, 0.2) is 0 Å². The molecule has 0 aromatic carbocycles. The van der Waals surface area contributed by atoms with Gasteiger partial charge < -0.3 is 8.85 Å². The maximum Gasteiger partial charge on any atom is 0.338 e. The Labute approximate surface area is 109 Å². The van der Waals surface area contributed by atoms with Crippen molar-refractivity contribution < 1.29 is 8.85 Å². The van der Waals surface area contributed by atoms with Gasteiger partial charge in [0, 0.05) is 0 Å². The lowest BCUT2D eigenvalue weighted by molar-refractivity contribution is 0.0141. The van der Waals surface area contributed by atoms with Gasteiger partial charge in [0.05, 0.1) is 11.2 Å². The first kappa shape index (κ1) is 17.1. The molecular weight excluding hydrogens is 228 g/mol. The van der Waals surface area contributed by atoms with Gasteiger partial charge >= 0.3 is 8.56 Å². The highest BCUT2D eigenvalue weighted by molar-refractivity contribution is 6.67. The molecule has 0 aliphatic rings. The first-order chi connectivity index (χ1) is 7.54. The van der Waals surface area contributed by atoms with E-state index in [1.807, 2.05) is 0 Å². The molecule has 0 aromatic rings. The number of unbranched alkanes of at least 4 members (excludes halogenated alkanes) is 1. The minimum atomic E-state index is -2.06. The van der Waals surface area contributed by atoms with Crippen molar-refractivity contribution in [3.05, 3.63) is 0 Å². The SMILES string of the molecule is CCCC[Si](CC)(OC(C)(C)C)OC(C)(C)C. The molecule has 17 heavy (non-hydrogen) atoms. The van der Waals surface area contributed by atoms with Crippen LogP contribution in [-0.2, 0) is 8.85 Å². The smallest absolute Gasteiger partial charge is 0.338 e. The van der Waals surface area contributed by atoms with E-state index in [4.69, 9.17) is 8.85 Å². The highest BCUT2D eigenvalue weighted by Gasteiger charge is 2.41. The first-order valence-electron chi connectivity index (χ1n) is 6.94. The van der Waals surface area contributed by atoms with Crippen LogP contribution in [0.25, 0.3) is 0 Å². The number of hydrogen-bond acceptors (Lipinski definition) is 2. The molecule has 0 aliphatic heterocycles. The molecule has 0 saturated heterocycles. The van der Waals surface area contributed by atoms with E-state index in [1.165, 1.54) is 12.8 Å². The van der Waals surface area contributed by atoms with Crippen molar-refractivity contribution in [3.63, 3.8) is 0 Å². The van der Waals surface area contributed by atoms with E-state index in [2.05, 4.69) is 55.4 Å². The highest BCUT2D eigenvalue weighted by atomic mass is 28.4. The third-order valence-electron chi connectivity index (χ3n) is 2.43. The van der Waals surface area contributed by atoms with Crippen LogP contribution in [-0.4, -0.2) is 19.8 Å². The van der Waals surface area contributed by atoms with E-state index in [0.717, 1.165) is 12.1 Å². The van der Waals surface area contributed by atoms with Crippen LogP contribution < -0.4 is 0 Å². The third-order valence-corrected chi connectivity index (χ3v) is 6.60. The van der Waals surface area contributed by atoms with Gasteiger partial charge in [-0.1, -0.05) is 26.7 Å². The summed E-state index contributed by atoms with van der Waals surface area (Å²) >= 11 is 0. The van der Waals surface area contributed by atoms with Crippen LogP contribution in [0.5, 0.6) is 0 Å². The van der Waals surface area contributed by atoms with Crippen LogP contribution in [0.4, 0.5) is 0 Å². The van der Waals surface area contributed by atoms with Crippen molar-refractivity contribution in [3.8, 4) is 0 Å². The summed E-state index contributed by atoms with van der Waals surface area (Å²) in [6.45, 7) is 17.2. The molecule has 2 nitrogen and oxygen atoms in total. The van der Waals surface area contributed by atoms with Gasteiger partial charge in [-0.3, -0.25) is 0 Å². The second-order valence-electron chi connectivity index (χ2n) is 6.80. The number of rotatable bonds is 6. The second-order valence-corrected chi connectivity index (χ2v) is 10.2. The molecule has 0 saturated carbocycles. The summed E-state index contributed by atoms with van der Waals surface area (Å²) in [5, 5.41) is 0. The lowest BCUT2D eigenvalue weighted by atomic mass is 10.2. The van der Waals surface area contributed by atoms with Gasteiger partial charge in [0.1, 0.15) is 0 Å². The number of hydrogen-bond donors (Lipinski definition) is 0. The van der Waals surface area contributed by atoms with Crippen molar-refractivity contribution >= 4 is 8.56 Å². The van der Waals surface area contributed by atoms with Gasteiger partial charge in [-0.05, 0) is 53.6 Å². The maximum absolute atomic E-state index is 6.37. The van der Waals surface area contributed by atoms with Crippen molar-refractivity contribution in [2.24, 2.45) is 0 Å². The molecule has 0 radical (unpaired) electrons. The van der Waals surface area contributed by atoms with Crippen molar-refractivity contribution in [1.82, 2.24) is 0 Å². The van der Waals surface area contributed by atoms with Crippen LogP contribution >= 0.6 is 0 Å². The monoisotopic (exact) mass is 260 g/mol. The predicted molar refractivity (Wildman–Crippen MR) is 77.6 cm³/mol. The molecule has 3 heteroatoms. The van der Waals surface area contributed by atoms with Crippen molar-refractivity contribution in [1.29, 1.82) is 0 Å². The van der Waals surface area contributed by atoms with Gasteiger partial charge in [0.2, 0.25) is 0 Å². The summed E-state index contributed by atoms with van der Waals surface area (Å²) in [6.07, 6.45) is 2.40. The molecule has 0 spiro atoms. The summed E-state index contributed by atoms with van der Waals surface area (Å²) in [5.74, 6) is 0. The third kappa shape index (κ3) is 7.95. The summed E-state index contributed by atoms with van der Waals surface area (Å²) < 4.78 is 12.7. The van der Waals surface area contributed by atoms with Crippen molar-refractivity contribution in [2.75, 3.05) is 0 Å². The van der Waals surface area contributed by atoms with Gasteiger partial charge in [-0.15, -0.1) is 0 Å². The molecule has 104 valence electrons. The fraction of sp³-hybridized carbons (Fsp3) is 1.00. The fourth-order valence-electron chi connectivity index (χ4n) is 2.01. The van der Waals surface area contributed by atoms with Crippen LogP contribution in [0.1, 0.15) is 68.2 Å². The Morgan fingerprint density at radius 1 is 0.824 bits per heavy atom. The van der Waals surface area contributed by atoms with Gasteiger partial charge in [-0.25, -0.2) is 0 Å². The normalized spacial score (nSPS) is 14.1. The zero-order valence-corrected chi connectivity index (χ0v) is 14.1. The average molecular weight is 260 g/mol. The molecule has 0 rings (SSSR count). The van der Waals surface area contributed by atoms with E-state index < -0.39 is 8.56 Å². The Balaban J connectivity index is 4.87. The maximum atomic E-state index is 6.37. The molecule has 0 fully saturated rings. The Morgan fingerprint density at radius 2 is 1.24 bits per heavy atom. The molecule has 0 bridgehead atoms. The Morgan fingerprint density at radius 3 is 1.47 bits per heavy atom. The molecule has 0 unspecified atom stereocenters. The summed E-state index contributed by atoms with van der Waals surface area (Å²) in [7, 11) is -2.06. The summed E-state index contributed by atoms with van der Waals surface area (Å²) in [5.41, 5.74) is -0.220. The zero-order chi connectivity index (χ0) is 13.7. The molecule has 0 atom stereocenters. The van der Waals surface area contributed by atoms with E-state index in [1.54, 1.807) is 0 Å². The Bertz CT molecular complexity index is 197. The fourth-order valence-corrected chi connectivity index (χ4v) is 6.02. The molecule has 0 amide bonds. The predicted octanol–water partition coefficient (Wildman–Crippen LogP) is 4.88. The quantitative estimate of drug-likeness (QED) is 0.634. The van der Waals surface area contributed by atoms with Crippen molar-refractivity contribution in [2.45, 2.75) is 91.5 Å². The van der Waals surface area contributed by atoms with Crippen LogP contribution in [0.2, 0.25) is 12.1 Å².